The first-order valence-corrected chi connectivity index (χ1v) is 10.0. The first-order valence-electron chi connectivity index (χ1n) is 8.04. The van der Waals surface area contributed by atoms with Crippen LogP contribution in [0.5, 0.6) is 0 Å². The Labute approximate surface area is 151 Å². The summed E-state index contributed by atoms with van der Waals surface area (Å²) in [6.07, 6.45) is 1.96. The second-order valence-corrected chi connectivity index (χ2v) is 7.71. The first kappa shape index (κ1) is 17.1. The van der Waals surface area contributed by atoms with Crippen LogP contribution in [0.3, 0.4) is 0 Å². The summed E-state index contributed by atoms with van der Waals surface area (Å²) in [5, 5.41) is 2.99. The number of nitrogens with zero attached hydrogens (tertiary/aromatic N) is 1. The molecule has 1 aliphatic rings. The normalized spacial score (nSPS) is 13.1. The van der Waals surface area contributed by atoms with Crippen molar-refractivity contribution < 1.29 is 4.79 Å². The molecule has 2 aromatic rings. The van der Waals surface area contributed by atoms with Gasteiger partial charge in [-0.2, -0.15) is 0 Å². The van der Waals surface area contributed by atoms with Gasteiger partial charge in [-0.1, -0.05) is 72.1 Å². The Hall–Kier alpha value is -1.72. The van der Waals surface area contributed by atoms with Crippen LogP contribution in [-0.2, 0) is 17.0 Å². The molecule has 0 aromatic heterocycles. The van der Waals surface area contributed by atoms with Gasteiger partial charge < -0.3 is 5.32 Å². The quantitative estimate of drug-likeness (QED) is 0.780. The van der Waals surface area contributed by atoms with Crippen LogP contribution >= 0.6 is 23.5 Å². The van der Waals surface area contributed by atoms with Gasteiger partial charge in [-0.25, -0.2) is 4.99 Å². The smallest absolute Gasteiger partial charge is 0.230 e. The molecule has 1 N–H and O–H groups in total. The zero-order valence-electron chi connectivity index (χ0n) is 13.4. The van der Waals surface area contributed by atoms with Crippen molar-refractivity contribution in [2.75, 3.05) is 12.3 Å². The van der Waals surface area contributed by atoms with Crippen molar-refractivity contribution in [2.45, 2.75) is 18.6 Å². The number of rotatable bonds is 6. The molecule has 24 heavy (non-hydrogen) atoms. The Kier molecular flexibility index (Phi) is 6.38. The second-order valence-electron chi connectivity index (χ2n) is 5.52. The third-order valence-electron chi connectivity index (χ3n) is 3.69. The van der Waals surface area contributed by atoms with E-state index in [1.165, 1.54) is 22.9 Å². The fraction of sp³-hybridized carbons (Fsp3) is 0.263. The summed E-state index contributed by atoms with van der Waals surface area (Å²) in [5.74, 6) is 1.44. The lowest BCUT2D eigenvalue weighted by Gasteiger charge is -2.14. The van der Waals surface area contributed by atoms with E-state index in [2.05, 4.69) is 28.5 Å². The standard InChI is InChI=1S/C19H20N2OS2/c22-18(20-12-6-9-15-7-2-1-3-8-15)14-24-19-21-17-11-5-4-10-16(17)13-23-19/h1-5,7-8,10-11H,6,9,12-14H2,(H,20,22). The number of hydrogen-bond acceptors (Lipinski definition) is 4. The molecule has 3 nitrogen and oxygen atoms in total. The van der Waals surface area contributed by atoms with Crippen LogP contribution < -0.4 is 5.32 Å². The Morgan fingerprint density at radius 2 is 1.92 bits per heavy atom. The lowest BCUT2D eigenvalue weighted by molar-refractivity contribution is -0.118. The van der Waals surface area contributed by atoms with E-state index in [-0.39, 0.29) is 5.91 Å². The number of carbonyl (C=O) groups is 1. The van der Waals surface area contributed by atoms with Crippen LogP contribution in [0.2, 0.25) is 0 Å². The average Bonchev–Trinajstić information content (AvgIpc) is 2.64. The topological polar surface area (TPSA) is 41.5 Å². The van der Waals surface area contributed by atoms with E-state index in [4.69, 9.17) is 0 Å². The van der Waals surface area contributed by atoms with Gasteiger partial charge in [0.05, 0.1) is 11.4 Å². The lowest BCUT2D eigenvalue weighted by Crippen LogP contribution is -2.26. The van der Waals surface area contributed by atoms with Crippen molar-refractivity contribution in [1.29, 1.82) is 0 Å². The van der Waals surface area contributed by atoms with Crippen LogP contribution in [0.15, 0.2) is 59.6 Å². The van der Waals surface area contributed by atoms with Gasteiger partial charge in [-0.05, 0) is 30.0 Å². The SMILES string of the molecule is O=C(CSC1=Nc2ccccc2CS1)NCCCc1ccccc1. The molecular weight excluding hydrogens is 336 g/mol. The van der Waals surface area contributed by atoms with Crippen LogP contribution in [0.25, 0.3) is 0 Å². The second kappa shape index (κ2) is 8.94. The average molecular weight is 357 g/mol. The molecule has 1 aliphatic heterocycles. The highest BCUT2D eigenvalue weighted by Gasteiger charge is 2.13. The molecule has 0 fully saturated rings. The fourth-order valence-electron chi connectivity index (χ4n) is 2.43. The van der Waals surface area contributed by atoms with Crippen molar-refractivity contribution in [1.82, 2.24) is 5.32 Å². The number of hydrogen-bond donors (Lipinski definition) is 1. The van der Waals surface area contributed by atoms with E-state index in [1.807, 2.05) is 36.4 Å². The molecule has 0 spiro atoms. The molecule has 3 rings (SSSR count). The molecule has 0 bridgehead atoms. The maximum atomic E-state index is 11.9. The molecule has 0 atom stereocenters. The van der Waals surface area contributed by atoms with Crippen LogP contribution in [0.4, 0.5) is 5.69 Å². The van der Waals surface area contributed by atoms with Gasteiger partial charge in [-0.15, -0.1) is 0 Å². The van der Waals surface area contributed by atoms with Gasteiger partial charge in [0, 0.05) is 12.3 Å². The van der Waals surface area contributed by atoms with Gasteiger partial charge in [0.1, 0.15) is 4.38 Å². The summed E-state index contributed by atoms with van der Waals surface area (Å²) in [6, 6.07) is 18.5. The molecular formula is C19H20N2OS2. The van der Waals surface area contributed by atoms with Gasteiger partial charge in [0.25, 0.3) is 0 Å². The number of thioether (sulfide) groups is 2. The Morgan fingerprint density at radius 1 is 1.12 bits per heavy atom. The third kappa shape index (κ3) is 5.14. The van der Waals surface area contributed by atoms with E-state index >= 15 is 0 Å². The Balaban J connectivity index is 1.36. The molecule has 124 valence electrons. The third-order valence-corrected chi connectivity index (χ3v) is 5.93. The predicted octanol–water partition coefficient (Wildman–Crippen LogP) is 4.40. The number of benzene rings is 2. The first-order chi connectivity index (χ1) is 11.8. The highest BCUT2D eigenvalue weighted by Crippen LogP contribution is 2.34. The fourth-order valence-corrected chi connectivity index (χ4v) is 4.32. The number of amides is 1. The van der Waals surface area contributed by atoms with Crippen LogP contribution in [-0.4, -0.2) is 22.6 Å². The van der Waals surface area contributed by atoms with E-state index in [9.17, 15) is 4.79 Å². The summed E-state index contributed by atoms with van der Waals surface area (Å²) >= 11 is 3.23. The summed E-state index contributed by atoms with van der Waals surface area (Å²) in [5.41, 5.74) is 3.60. The van der Waals surface area contributed by atoms with Gasteiger partial charge in [0.2, 0.25) is 5.91 Å². The summed E-state index contributed by atoms with van der Waals surface area (Å²) in [7, 11) is 0. The van der Waals surface area contributed by atoms with Crippen molar-refractivity contribution in [3.05, 3.63) is 65.7 Å². The van der Waals surface area contributed by atoms with Gasteiger partial charge >= 0.3 is 0 Å². The molecule has 0 unspecified atom stereocenters. The monoisotopic (exact) mass is 356 g/mol. The van der Waals surface area contributed by atoms with E-state index < -0.39 is 0 Å². The Bertz CT molecular complexity index is 716. The van der Waals surface area contributed by atoms with Crippen LogP contribution in [0, 0.1) is 0 Å². The van der Waals surface area contributed by atoms with E-state index in [0.29, 0.717) is 5.75 Å². The van der Waals surface area contributed by atoms with Gasteiger partial charge in [0.15, 0.2) is 0 Å². The van der Waals surface area contributed by atoms with E-state index in [1.54, 1.807) is 11.8 Å². The van der Waals surface area contributed by atoms with Gasteiger partial charge in [-0.3, -0.25) is 4.79 Å². The van der Waals surface area contributed by atoms with Crippen molar-refractivity contribution >= 4 is 39.5 Å². The van der Waals surface area contributed by atoms with Crippen molar-refractivity contribution in [2.24, 2.45) is 4.99 Å². The molecule has 0 aliphatic carbocycles. The minimum Gasteiger partial charge on any atom is -0.355 e. The molecule has 1 amide bonds. The molecule has 2 aromatic carbocycles. The summed E-state index contributed by atoms with van der Waals surface area (Å²) in [4.78, 5) is 16.6. The minimum absolute atomic E-state index is 0.0789. The predicted molar refractivity (Wildman–Crippen MR) is 105 cm³/mol. The zero-order chi connectivity index (χ0) is 16.6. The molecule has 0 saturated heterocycles. The molecule has 0 radical (unpaired) electrons. The number of para-hydroxylation sites is 1. The Morgan fingerprint density at radius 3 is 2.79 bits per heavy atom. The van der Waals surface area contributed by atoms with Crippen molar-refractivity contribution in [3.63, 3.8) is 0 Å². The summed E-state index contributed by atoms with van der Waals surface area (Å²) < 4.78 is 0.980. The number of aryl methyl sites for hydroxylation is 1. The lowest BCUT2D eigenvalue weighted by atomic mass is 10.1. The highest BCUT2D eigenvalue weighted by atomic mass is 32.2. The number of carbonyl (C=O) groups excluding carboxylic acids is 1. The zero-order valence-corrected chi connectivity index (χ0v) is 15.0. The van der Waals surface area contributed by atoms with Crippen molar-refractivity contribution in [3.8, 4) is 0 Å². The number of aliphatic imine (C=N–C) groups is 1. The van der Waals surface area contributed by atoms with E-state index in [0.717, 1.165) is 35.2 Å². The summed E-state index contributed by atoms with van der Waals surface area (Å²) in [6.45, 7) is 0.719. The maximum absolute atomic E-state index is 11.9. The number of nitrogens with one attached hydrogen (secondary N) is 1. The number of fused-ring (bicyclic) bond motifs is 1. The van der Waals surface area contributed by atoms with Crippen LogP contribution in [0.1, 0.15) is 17.5 Å². The molecule has 5 heteroatoms. The minimum atomic E-state index is 0.0789. The molecule has 0 saturated carbocycles. The molecule has 1 heterocycles. The highest BCUT2D eigenvalue weighted by molar-refractivity contribution is 8.38. The maximum Gasteiger partial charge on any atom is 0.230 e. The largest absolute Gasteiger partial charge is 0.355 e.